The maximum atomic E-state index is 12.6. The predicted octanol–water partition coefficient (Wildman–Crippen LogP) is 2.08. The molecule has 27 heavy (non-hydrogen) atoms. The van der Waals surface area contributed by atoms with Crippen molar-refractivity contribution < 1.29 is 27.5 Å². The lowest BCUT2D eigenvalue weighted by atomic mass is 10.2. The Hall–Kier alpha value is -2.65. The van der Waals surface area contributed by atoms with Crippen LogP contribution in [0.25, 0.3) is 0 Å². The van der Waals surface area contributed by atoms with E-state index in [0.29, 0.717) is 18.7 Å². The molecule has 1 aromatic heterocycles. The van der Waals surface area contributed by atoms with Crippen LogP contribution in [0, 0.1) is 0 Å². The van der Waals surface area contributed by atoms with E-state index in [1.54, 1.807) is 12.1 Å². The Labute approximate surface area is 156 Å². The van der Waals surface area contributed by atoms with Gasteiger partial charge in [-0.25, -0.2) is 13.2 Å². The molecule has 0 spiro atoms. The number of amides is 1. The van der Waals surface area contributed by atoms with Gasteiger partial charge in [-0.3, -0.25) is 4.79 Å². The number of carboxylic acids is 1. The number of aromatic carboxylic acids is 1. The van der Waals surface area contributed by atoms with Crippen molar-refractivity contribution in [3.05, 3.63) is 53.5 Å². The van der Waals surface area contributed by atoms with Gasteiger partial charge in [0.05, 0.1) is 10.5 Å². The minimum absolute atomic E-state index is 0.100. The zero-order chi connectivity index (χ0) is 19.4. The van der Waals surface area contributed by atoms with Crippen molar-refractivity contribution in [2.24, 2.45) is 0 Å². The normalized spacial score (nSPS) is 15.4. The van der Waals surface area contributed by atoms with Gasteiger partial charge in [0.15, 0.2) is 5.76 Å². The molecular weight excluding hydrogens is 372 g/mol. The first kappa shape index (κ1) is 19.1. The predicted molar refractivity (Wildman–Crippen MR) is 95.9 cm³/mol. The summed E-state index contributed by atoms with van der Waals surface area (Å²) in [4.78, 5) is 23.0. The van der Waals surface area contributed by atoms with E-state index in [2.05, 4.69) is 5.32 Å². The summed E-state index contributed by atoms with van der Waals surface area (Å²) < 4.78 is 31.6. The Bertz CT molecular complexity index is 927. The first-order chi connectivity index (χ1) is 12.9. The molecule has 144 valence electrons. The number of furan rings is 1. The molecule has 1 aliphatic heterocycles. The number of benzene rings is 1. The molecule has 3 rings (SSSR count). The Balaban J connectivity index is 1.61. The van der Waals surface area contributed by atoms with E-state index in [1.807, 2.05) is 0 Å². The molecule has 2 N–H and O–H groups in total. The average molecular weight is 392 g/mol. The number of nitrogens with zero attached hydrogens (tertiary/aromatic N) is 1. The number of hydrogen-bond donors (Lipinski definition) is 2. The van der Waals surface area contributed by atoms with E-state index in [9.17, 15) is 18.0 Å². The van der Waals surface area contributed by atoms with Gasteiger partial charge in [-0.05, 0) is 30.5 Å². The monoisotopic (exact) mass is 392 g/mol. The van der Waals surface area contributed by atoms with E-state index >= 15 is 0 Å². The molecule has 8 nitrogen and oxygen atoms in total. The highest BCUT2D eigenvalue weighted by Crippen LogP contribution is 2.21. The van der Waals surface area contributed by atoms with Gasteiger partial charge in [-0.1, -0.05) is 18.6 Å². The molecule has 1 aliphatic rings. The van der Waals surface area contributed by atoms with E-state index in [4.69, 9.17) is 9.52 Å². The van der Waals surface area contributed by atoms with Crippen LogP contribution in [-0.4, -0.2) is 42.8 Å². The maximum absolute atomic E-state index is 12.6. The molecule has 9 heteroatoms. The first-order valence-electron chi connectivity index (χ1n) is 8.57. The molecular formula is C18H20N2O6S. The lowest BCUT2D eigenvalue weighted by Crippen LogP contribution is -2.35. The second-order valence-corrected chi connectivity index (χ2v) is 8.23. The molecule has 0 bridgehead atoms. The van der Waals surface area contributed by atoms with Crippen molar-refractivity contribution >= 4 is 21.9 Å². The molecule has 0 saturated carbocycles. The minimum Gasteiger partial charge on any atom is -0.478 e. The smallest absolute Gasteiger partial charge is 0.338 e. The molecule has 1 fully saturated rings. The van der Waals surface area contributed by atoms with Gasteiger partial charge < -0.3 is 14.8 Å². The summed E-state index contributed by atoms with van der Waals surface area (Å²) in [5, 5.41) is 11.4. The Morgan fingerprint density at radius 2 is 1.78 bits per heavy atom. The summed E-state index contributed by atoms with van der Waals surface area (Å²) in [6.07, 6.45) is 3.80. The highest BCUT2D eigenvalue weighted by atomic mass is 32.2. The van der Waals surface area contributed by atoms with Gasteiger partial charge >= 0.3 is 5.97 Å². The summed E-state index contributed by atoms with van der Waals surface area (Å²) in [6.45, 7) is 1.25. The van der Waals surface area contributed by atoms with Gasteiger partial charge in [0, 0.05) is 25.7 Å². The summed E-state index contributed by atoms with van der Waals surface area (Å²) in [6, 6.07) is 7.48. The van der Waals surface area contributed by atoms with Gasteiger partial charge in [-0.15, -0.1) is 0 Å². The van der Waals surface area contributed by atoms with E-state index < -0.39 is 21.9 Å². The number of piperidine rings is 1. The van der Waals surface area contributed by atoms with Crippen LogP contribution in [0.1, 0.15) is 45.7 Å². The quantitative estimate of drug-likeness (QED) is 0.777. The van der Waals surface area contributed by atoms with Crippen LogP contribution in [0.5, 0.6) is 0 Å². The van der Waals surface area contributed by atoms with Crippen LogP contribution in [0.15, 0.2) is 45.9 Å². The third-order valence-corrected chi connectivity index (χ3v) is 6.31. The van der Waals surface area contributed by atoms with Crippen molar-refractivity contribution in [1.29, 1.82) is 0 Å². The number of hydrogen-bond acceptors (Lipinski definition) is 5. The minimum atomic E-state index is -3.48. The second-order valence-electron chi connectivity index (χ2n) is 6.30. The van der Waals surface area contributed by atoms with Crippen LogP contribution < -0.4 is 5.32 Å². The molecule has 1 amide bonds. The topological polar surface area (TPSA) is 117 Å². The van der Waals surface area contributed by atoms with E-state index in [0.717, 1.165) is 31.6 Å². The highest BCUT2D eigenvalue weighted by Gasteiger charge is 2.25. The van der Waals surface area contributed by atoms with Crippen LogP contribution in [0.3, 0.4) is 0 Å². The Morgan fingerprint density at radius 3 is 2.37 bits per heavy atom. The fourth-order valence-electron chi connectivity index (χ4n) is 2.87. The van der Waals surface area contributed by atoms with Gasteiger partial charge in [-0.2, -0.15) is 4.31 Å². The summed E-state index contributed by atoms with van der Waals surface area (Å²) >= 11 is 0. The van der Waals surface area contributed by atoms with Crippen LogP contribution in [0.2, 0.25) is 0 Å². The number of rotatable bonds is 6. The third kappa shape index (κ3) is 4.37. The van der Waals surface area contributed by atoms with Crippen LogP contribution >= 0.6 is 0 Å². The highest BCUT2D eigenvalue weighted by molar-refractivity contribution is 7.89. The van der Waals surface area contributed by atoms with Crippen molar-refractivity contribution in [2.45, 2.75) is 30.7 Å². The molecule has 2 heterocycles. The number of sulfonamides is 1. The number of nitrogens with one attached hydrogen (secondary N) is 1. The van der Waals surface area contributed by atoms with Crippen LogP contribution in [0.4, 0.5) is 0 Å². The molecule has 0 atom stereocenters. The van der Waals surface area contributed by atoms with Crippen molar-refractivity contribution in [3.63, 3.8) is 0 Å². The number of carbonyl (C=O) groups is 2. The largest absolute Gasteiger partial charge is 0.478 e. The fraction of sp³-hybridized carbons (Fsp3) is 0.333. The molecule has 0 radical (unpaired) electrons. The average Bonchev–Trinajstić information content (AvgIpc) is 3.18. The van der Waals surface area contributed by atoms with Crippen LogP contribution in [-0.2, 0) is 16.6 Å². The number of carboxylic acid groups (broad SMARTS) is 1. The van der Waals surface area contributed by atoms with Crippen molar-refractivity contribution in [2.75, 3.05) is 13.1 Å². The van der Waals surface area contributed by atoms with E-state index in [-0.39, 0.29) is 22.8 Å². The molecule has 0 unspecified atom stereocenters. The lowest BCUT2D eigenvalue weighted by Gasteiger charge is -2.25. The van der Waals surface area contributed by atoms with E-state index in [1.165, 1.54) is 16.4 Å². The first-order valence-corrected chi connectivity index (χ1v) is 10.0. The second kappa shape index (κ2) is 7.93. The van der Waals surface area contributed by atoms with Gasteiger partial charge in [0.25, 0.3) is 5.91 Å². The van der Waals surface area contributed by atoms with Gasteiger partial charge in [0.2, 0.25) is 10.0 Å². The molecule has 1 aromatic carbocycles. The molecule has 1 saturated heterocycles. The lowest BCUT2D eigenvalue weighted by molar-refractivity contribution is 0.0695. The summed E-state index contributed by atoms with van der Waals surface area (Å²) in [5.74, 6) is -1.83. The molecule has 2 aromatic rings. The Kier molecular flexibility index (Phi) is 5.62. The Morgan fingerprint density at radius 1 is 1.11 bits per heavy atom. The van der Waals surface area contributed by atoms with Crippen molar-refractivity contribution in [3.8, 4) is 0 Å². The summed E-state index contributed by atoms with van der Waals surface area (Å²) in [7, 11) is -3.48. The zero-order valence-electron chi connectivity index (χ0n) is 14.6. The third-order valence-electron chi connectivity index (χ3n) is 4.40. The van der Waals surface area contributed by atoms with Gasteiger partial charge in [0.1, 0.15) is 6.26 Å². The zero-order valence-corrected chi connectivity index (χ0v) is 15.4. The fourth-order valence-corrected chi connectivity index (χ4v) is 4.39. The SMILES string of the molecule is O=C(O)c1coc(C(=O)NCc2ccc(S(=O)(=O)N3CCCCC3)cc2)c1. The molecule has 0 aliphatic carbocycles. The maximum Gasteiger partial charge on any atom is 0.338 e. The summed E-state index contributed by atoms with van der Waals surface area (Å²) in [5.41, 5.74) is 0.610. The van der Waals surface area contributed by atoms with Crippen molar-refractivity contribution in [1.82, 2.24) is 9.62 Å². The number of carbonyl (C=O) groups excluding carboxylic acids is 1. The standard InChI is InChI=1S/C18H20N2O6S/c21-17(16-10-14(12-26-16)18(22)23)19-11-13-4-6-15(7-5-13)27(24,25)20-8-2-1-3-9-20/h4-7,10,12H,1-3,8-9,11H2,(H,19,21)(H,22,23).